The van der Waals surface area contributed by atoms with Gasteiger partial charge >= 0.3 is 0 Å². The van der Waals surface area contributed by atoms with Gasteiger partial charge in [-0.05, 0) is 18.9 Å². The molecule has 0 radical (unpaired) electrons. The molecule has 0 saturated carbocycles. The fourth-order valence-electron chi connectivity index (χ4n) is 4.07. The second-order valence-corrected chi connectivity index (χ2v) is 9.58. The lowest BCUT2D eigenvalue weighted by Gasteiger charge is -2.63. The van der Waals surface area contributed by atoms with Crippen LogP contribution in [0.2, 0.25) is 0 Å². The average Bonchev–Trinajstić information content (AvgIpc) is 2.40. The number of piperazine rings is 1. The predicted molar refractivity (Wildman–Crippen MR) is 86.4 cm³/mol. The molecule has 1 atom stereocenters. The number of rotatable bonds is 4. The third-order valence-corrected chi connectivity index (χ3v) is 6.47. The number of fused-ring (bicyclic) bond motifs is 2. The summed E-state index contributed by atoms with van der Waals surface area (Å²) in [5.74, 6) is 0.714. The van der Waals surface area contributed by atoms with Gasteiger partial charge in [-0.15, -0.1) is 0 Å². The van der Waals surface area contributed by atoms with Gasteiger partial charge in [-0.25, -0.2) is 8.42 Å². The molecular weight excluding hydrogens is 302 g/mol. The van der Waals surface area contributed by atoms with Gasteiger partial charge in [0, 0.05) is 38.8 Å². The summed E-state index contributed by atoms with van der Waals surface area (Å²) in [6, 6.07) is 0.212. The van der Waals surface area contributed by atoms with Crippen molar-refractivity contribution in [2.45, 2.75) is 31.8 Å². The molecule has 1 spiro atoms. The summed E-state index contributed by atoms with van der Waals surface area (Å²) in [6.45, 7) is 11.2. The maximum atomic E-state index is 12.0. The summed E-state index contributed by atoms with van der Waals surface area (Å²) in [5, 5.41) is 0. The normalized spacial score (nSPS) is 30.5. The first-order chi connectivity index (χ1) is 10.3. The lowest BCUT2D eigenvalue weighted by molar-refractivity contribution is -0.153. The zero-order valence-corrected chi connectivity index (χ0v) is 14.8. The number of likely N-dealkylation sites (tertiary alicyclic amines) is 1. The van der Waals surface area contributed by atoms with E-state index in [0.29, 0.717) is 25.6 Å². The zero-order chi connectivity index (χ0) is 16.0. The molecule has 3 rings (SSSR count). The molecule has 0 amide bonds. The molecule has 0 aromatic rings. The third-order valence-electron chi connectivity index (χ3n) is 5.25. The molecule has 6 nitrogen and oxygen atoms in total. The van der Waals surface area contributed by atoms with Crippen molar-refractivity contribution in [1.82, 2.24) is 14.1 Å². The topological polar surface area (TPSA) is 53.1 Å². The first-order valence-electron chi connectivity index (χ1n) is 8.32. The van der Waals surface area contributed by atoms with Crippen LogP contribution in [-0.4, -0.2) is 92.8 Å². The molecule has 7 heteroatoms. The Morgan fingerprint density at radius 1 is 1.27 bits per heavy atom. The van der Waals surface area contributed by atoms with E-state index in [-0.39, 0.29) is 11.6 Å². The molecule has 0 aliphatic carbocycles. The Morgan fingerprint density at radius 2 is 2.00 bits per heavy atom. The van der Waals surface area contributed by atoms with E-state index < -0.39 is 10.0 Å². The van der Waals surface area contributed by atoms with E-state index in [9.17, 15) is 8.42 Å². The Labute approximate surface area is 134 Å². The molecule has 0 aromatic heterocycles. The van der Waals surface area contributed by atoms with Crippen LogP contribution < -0.4 is 0 Å². The van der Waals surface area contributed by atoms with Crippen molar-refractivity contribution >= 4 is 10.0 Å². The number of hydrogen-bond acceptors (Lipinski definition) is 5. The van der Waals surface area contributed by atoms with Gasteiger partial charge in [0.05, 0.1) is 25.0 Å². The lowest BCUT2D eigenvalue weighted by atomic mass is 9.83. The van der Waals surface area contributed by atoms with Crippen LogP contribution in [0.4, 0.5) is 0 Å². The maximum Gasteiger partial charge on any atom is 0.211 e. The summed E-state index contributed by atoms with van der Waals surface area (Å²) >= 11 is 0. The minimum absolute atomic E-state index is 0.00670. The van der Waals surface area contributed by atoms with Crippen LogP contribution in [0.1, 0.15) is 20.3 Å². The Balaban J connectivity index is 1.71. The van der Waals surface area contributed by atoms with Crippen LogP contribution >= 0.6 is 0 Å². The third kappa shape index (κ3) is 3.19. The van der Waals surface area contributed by atoms with E-state index >= 15 is 0 Å². The zero-order valence-electron chi connectivity index (χ0n) is 14.0. The van der Waals surface area contributed by atoms with E-state index in [4.69, 9.17) is 4.74 Å². The van der Waals surface area contributed by atoms with Gasteiger partial charge in [-0.3, -0.25) is 9.80 Å². The Bertz CT molecular complexity index is 502. The van der Waals surface area contributed by atoms with Crippen molar-refractivity contribution in [2.75, 3.05) is 58.7 Å². The van der Waals surface area contributed by atoms with Crippen molar-refractivity contribution in [3.63, 3.8) is 0 Å². The highest BCUT2D eigenvalue weighted by Crippen LogP contribution is 2.36. The molecule has 3 fully saturated rings. The standard InChI is InChI=1S/C15H29N3O3S/c1-13(2)4-5-16-10-15(11-16)12-17(22(3,19)20)8-14-9-21-7-6-18(14)15/h13-14H,4-12H2,1-3H3. The number of morpholine rings is 1. The lowest BCUT2D eigenvalue weighted by Crippen LogP contribution is -2.80. The van der Waals surface area contributed by atoms with Gasteiger partial charge in [-0.2, -0.15) is 4.31 Å². The van der Waals surface area contributed by atoms with Crippen molar-refractivity contribution in [1.29, 1.82) is 0 Å². The van der Waals surface area contributed by atoms with Gasteiger partial charge in [0.2, 0.25) is 10.0 Å². The van der Waals surface area contributed by atoms with Crippen molar-refractivity contribution < 1.29 is 13.2 Å². The monoisotopic (exact) mass is 331 g/mol. The molecule has 1 unspecified atom stereocenters. The van der Waals surface area contributed by atoms with Crippen LogP contribution in [-0.2, 0) is 14.8 Å². The quantitative estimate of drug-likeness (QED) is 0.729. The van der Waals surface area contributed by atoms with Gasteiger partial charge in [-0.1, -0.05) is 13.8 Å². The van der Waals surface area contributed by atoms with Crippen molar-refractivity contribution in [2.24, 2.45) is 5.92 Å². The van der Waals surface area contributed by atoms with E-state index in [2.05, 4.69) is 23.6 Å². The molecule has 0 bridgehead atoms. The number of hydrogen-bond donors (Lipinski definition) is 0. The van der Waals surface area contributed by atoms with Gasteiger partial charge in [0.1, 0.15) is 0 Å². The molecule has 3 aliphatic rings. The minimum Gasteiger partial charge on any atom is -0.378 e. The summed E-state index contributed by atoms with van der Waals surface area (Å²) < 4.78 is 31.3. The number of ether oxygens (including phenoxy) is 1. The highest BCUT2D eigenvalue weighted by atomic mass is 32.2. The van der Waals surface area contributed by atoms with Gasteiger partial charge in [0.25, 0.3) is 0 Å². The summed E-state index contributed by atoms with van der Waals surface area (Å²) in [7, 11) is -3.13. The molecule has 22 heavy (non-hydrogen) atoms. The SMILES string of the molecule is CC(C)CCN1CC2(C1)CN(S(C)(=O)=O)CC1COCCN12. The summed E-state index contributed by atoms with van der Waals surface area (Å²) in [6.07, 6.45) is 2.54. The van der Waals surface area contributed by atoms with Crippen molar-refractivity contribution in [3.8, 4) is 0 Å². The van der Waals surface area contributed by atoms with E-state index in [1.54, 1.807) is 4.31 Å². The van der Waals surface area contributed by atoms with Crippen LogP contribution in [0.15, 0.2) is 0 Å². The number of sulfonamides is 1. The van der Waals surface area contributed by atoms with Crippen LogP contribution in [0, 0.1) is 5.92 Å². The first-order valence-corrected chi connectivity index (χ1v) is 10.2. The Morgan fingerprint density at radius 3 is 2.64 bits per heavy atom. The van der Waals surface area contributed by atoms with Gasteiger partial charge < -0.3 is 4.74 Å². The second-order valence-electron chi connectivity index (χ2n) is 7.60. The molecule has 3 heterocycles. The highest BCUT2D eigenvalue weighted by molar-refractivity contribution is 7.88. The van der Waals surface area contributed by atoms with E-state index in [0.717, 1.165) is 32.8 Å². The second kappa shape index (κ2) is 6.02. The van der Waals surface area contributed by atoms with Crippen LogP contribution in [0.3, 0.4) is 0 Å². The summed E-state index contributed by atoms with van der Waals surface area (Å²) in [5.41, 5.74) is 0.00670. The fraction of sp³-hybridized carbons (Fsp3) is 1.00. The smallest absolute Gasteiger partial charge is 0.211 e. The molecule has 3 saturated heterocycles. The Hall–Kier alpha value is -0.210. The summed E-state index contributed by atoms with van der Waals surface area (Å²) in [4.78, 5) is 5.00. The fourth-order valence-corrected chi connectivity index (χ4v) is 4.99. The van der Waals surface area contributed by atoms with Crippen molar-refractivity contribution in [3.05, 3.63) is 0 Å². The Kier molecular flexibility index (Phi) is 4.55. The number of nitrogens with zero attached hydrogens (tertiary/aromatic N) is 3. The first kappa shape index (κ1) is 16.6. The highest BCUT2D eigenvalue weighted by Gasteiger charge is 2.55. The average molecular weight is 331 g/mol. The van der Waals surface area contributed by atoms with Crippen LogP contribution in [0.25, 0.3) is 0 Å². The molecule has 0 aromatic carbocycles. The van der Waals surface area contributed by atoms with Gasteiger partial charge in [0.15, 0.2) is 0 Å². The maximum absolute atomic E-state index is 12.0. The largest absolute Gasteiger partial charge is 0.378 e. The van der Waals surface area contributed by atoms with E-state index in [1.165, 1.54) is 12.7 Å². The molecule has 128 valence electrons. The molecule has 3 aliphatic heterocycles. The minimum atomic E-state index is -3.13. The van der Waals surface area contributed by atoms with Crippen LogP contribution in [0.5, 0.6) is 0 Å². The predicted octanol–water partition coefficient (Wildman–Crippen LogP) is 0.0629. The molecule has 0 N–H and O–H groups in total. The van der Waals surface area contributed by atoms with E-state index in [1.807, 2.05) is 0 Å². The molecular formula is C15H29N3O3S.